The molecule has 4 rings (SSSR count). The summed E-state index contributed by atoms with van der Waals surface area (Å²) in [6, 6.07) is 7.88. The fraction of sp³-hybridized carbons (Fsp3) is 0.522. The number of anilines is 1. The van der Waals surface area contributed by atoms with Crippen molar-refractivity contribution in [1.82, 2.24) is 15.0 Å². The molecular weight excluding hydrogens is 542 g/mol. The van der Waals surface area contributed by atoms with Crippen molar-refractivity contribution in [3.8, 4) is 0 Å². The van der Waals surface area contributed by atoms with Crippen molar-refractivity contribution >= 4 is 17.9 Å². The average molecular weight is 568 g/mol. The lowest BCUT2D eigenvalue weighted by Gasteiger charge is -2.50. The number of halogens is 6. The monoisotopic (exact) mass is 568 g/mol. The van der Waals surface area contributed by atoms with Gasteiger partial charge in [0.1, 0.15) is 5.60 Å². The third kappa shape index (κ3) is 9.94. The second kappa shape index (κ2) is 13.5. The molecule has 0 saturated carbocycles. The SMILES string of the molecule is Cc1cccc(COCCC2CCOC23CN(c2ncccn2)C3)n1.O=C(O)C(F)(F)F.O=C(O)C(F)(F)F. The highest BCUT2D eigenvalue weighted by Gasteiger charge is 2.53. The van der Waals surface area contributed by atoms with Gasteiger partial charge in [0.05, 0.1) is 25.4 Å². The summed E-state index contributed by atoms with van der Waals surface area (Å²) >= 11 is 0. The summed E-state index contributed by atoms with van der Waals surface area (Å²) in [6.45, 7) is 5.91. The van der Waals surface area contributed by atoms with E-state index in [9.17, 15) is 26.3 Å². The minimum atomic E-state index is -5.08. The summed E-state index contributed by atoms with van der Waals surface area (Å²) in [5.74, 6) is -4.18. The van der Waals surface area contributed by atoms with E-state index in [1.54, 1.807) is 12.4 Å². The quantitative estimate of drug-likeness (QED) is 0.393. The van der Waals surface area contributed by atoms with Gasteiger partial charge in [-0.1, -0.05) is 6.07 Å². The normalized spacial score (nSPS) is 17.8. The zero-order chi connectivity index (χ0) is 29.3. The van der Waals surface area contributed by atoms with Crippen molar-refractivity contribution in [2.24, 2.45) is 5.92 Å². The van der Waals surface area contributed by atoms with Gasteiger partial charge < -0.3 is 24.6 Å². The molecule has 0 amide bonds. The minimum absolute atomic E-state index is 0.0376. The molecular formula is C23H26F6N4O6. The van der Waals surface area contributed by atoms with Gasteiger partial charge in [-0.2, -0.15) is 26.3 Å². The maximum Gasteiger partial charge on any atom is 0.490 e. The summed E-state index contributed by atoms with van der Waals surface area (Å²) in [6.07, 6.45) is -4.47. The molecule has 10 nitrogen and oxygen atoms in total. The number of hydrogen-bond acceptors (Lipinski definition) is 8. The van der Waals surface area contributed by atoms with E-state index in [-0.39, 0.29) is 5.60 Å². The Morgan fingerprint density at radius 3 is 2.13 bits per heavy atom. The first-order valence-corrected chi connectivity index (χ1v) is 11.4. The van der Waals surface area contributed by atoms with E-state index in [0.717, 1.165) is 56.5 Å². The largest absolute Gasteiger partial charge is 0.490 e. The molecule has 1 unspecified atom stereocenters. The zero-order valence-corrected chi connectivity index (χ0v) is 20.6. The van der Waals surface area contributed by atoms with Gasteiger partial charge in [0.2, 0.25) is 5.95 Å². The standard InChI is InChI=1S/C19H24N4O2.2C2HF3O2/c1-15-4-2-5-17(22-15)12-24-10-6-16-7-11-25-19(16)13-23(14-19)18-20-8-3-9-21-18;2*3-2(4,5)1(6)7/h2-5,8-9,16H,6-7,10-14H2,1H3;2*(H,6,7). The number of nitrogens with zero attached hydrogens (tertiary/aromatic N) is 4. The molecule has 0 aromatic carbocycles. The average Bonchev–Trinajstić information content (AvgIpc) is 3.25. The molecule has 2 fully saturated rings. The fourth-order valence-electron chi connectivity index (χ4n) is 3.82. The number of aryl methyl sites for hydroxylation is 1. The van der Waals surface area contributed by atoms with Gasteiger partial charge in [0, 0.05) is 31.3 Å². The Morgan fingerprint density at radius 2 is 1.62 bits per heavy atom. The molecule has 39 heavy (non-hydrogen) atoms. The molecule has 4 heterocycles. The van der Waals surface area contributed by atoms with Gasteiger partial charge in [0.15, 0.2) is 0 Å². The van der Waals surface area contributed by atoms with Crippen LogP contribution in [0.2, 0.25) is 0 Å². The summed E-state index contributed by atoms with van der Waals surface area (Å²) in [5, 5.41) is 14.2. The number of rotatable bonds is 6. The van der Waals surface area contributed by atoms with E-state index in [1.807, 2.05) is 31.2 Å². The van der Waals surface area contributed by atoms with E-state index < -0.39 is 24.3 Å². The highest BCUT2D eigenvalue weighted by atomic mass is 19.4. The predicted octanol–water partition coefficient (Wildman–Crippen LogP) is 3.65. The number of ether oxygens (including phenoxy) is 2. The van der Waals surface area contributed by atoms with Gasteiger partial charge in [-0.25, -0.2) is 19.6 Å². The maximum atomic E-state index is 10.6. The van der Waals surface area contributed by atoms with Crippen molar-refractivity contribution in [3.63, 3.8) is 0 Å². The topological polar surface area (TPSA) is 135 Å². The van der Waals surface area contributed by atoms with E-state index in [4.69, 9.17) is 29.3 Å². The number of carbonyl (C=O) groups is 2. The van der Waals surface area contributed by atoms with Crippen LogP contribution in [-0.4, -0.2) is 81.4 Å². The predicted molar refractivity (Wildman–Crippen MR) is 122 cm³/mol. The van der Waals surface area contributed by atoms with Crippen molar-refractivity contribution in [2.75, 3.05) is 31.2 Å². The van der Waals surface area contributed by atoms with Crippen LogP contribution in [0.25, 0.3) is 0 Å². The highest BCUT2D eigenvalue weighted by molar-refractivity contribution is 5.73. The first-order chi connectivity index (χ1) is 18.1. The molecule has 1 spiro atoms. The Morgan fingerprint density at radius 1 is 1.05 bits per heavy atom. The molecule has 2 aliphatic rings. The Balaban J connectivity index is 0.000000317. The van der Waals surface area contributed by atoms with Crippen molar-refractivity contribution in [2.45, 2.75) is 44.3 Å². The first kappa shape index (κ1) is 31.7. The van der Waals surface area contributed by atoms with Gasteiger partial charge in [-0.3, -0.25) is 4.98 Å². The molecule has 216 valence electrons. The molecule has 2 aromatic heterocycles. The van der Waals surface area contributed by atoms with Crippen molar-refractivity contribution in [1.29, 1.82) is 0 Å². The molecule has 2 aromatic rings. The number of alkyl halides is 6. The zero-order valence-electron chi connectivity index (χ0n) is 20.6. The van der Waals surface area contributed by atoms with Crippen LogP contribution in [0.5, 0.6) is 0 Å². The lowest BCUT2D eigenvalue weighted by Crippen LogP contribution is -2.65. The Hall–Kier alpha value is -3.53. The van der Waals surface area contributed by atoms with Crippen molar-refractivity contribution < 1.29 is 55.6 Å². The van der Waals surface area contributed by atoms with Gasteiger partial charge >= 0.3 is 24.3 Å². The fourth-order valence-corrected chi connectivity index (χ4v) is 3.82. The third-order valence-corrected chi connectivity index (χ3v) is 5.64. The molecule has 0 aliphatic carbocycles. The maximum absolute atomic E-state index is 10.6. The summed E-state index contributed by atoms with van der Waals surface area (Å²) in [5.41, 5.74) is 1.99. The van der Waals surface area contributed by atoms with E-state index in [2.05, 4.69) is 19.9 Å². The van der Waals surface area contributed by atoms with Gasteiger partial charge in [0.25, 0.3) is 0 Å². The van der Waals surface area contributed by atoms with Crippen LogP contribution in [-0.2, 0) is 25.7 Å². The Labute approximate surface area is 218 Å². The molecule has 2 N–H and O–H groups in total. The second-order valence-corrected chi connectivity index (χ2v) is 8.52. The van der Waals surface area contributed by atoms with Gasteiger partial charge in [-0.05, 0) is 43.9 Å². The van der Waals surface area contributed by atoms with E-state index in [0.29, 0.717) is 12.5 Å². The minimum Gasteiger partial charge on any atom is -0.475 e. The number of pyridine rings is 1. The molecule has 0 bridgehead atoms. The molecule has 2 saturated heterocycles. The number of carboxylic acids is 2. The summed E-state index contributed by atoms with van der Waals surface area (Å²) in [7, 11) is 0. The Kier molecular flexibility index (Phi) is 11.0. The molecule has 16 heteroatoms. The summed E-state index contributed by atoms with van der Waals surface area (Å²) in [4.78, 5) is 33.1. The van der Waals surface area contributed by atoms with Crippen LogP contribution < -0.4 is 4.90 Å². The van der Waals surface area contributed by atoms with Crippen LogP contribution in [0.1, 0.15) is 24.2 Å². The molecule has 1 atom stereocenters. The summed E-state index contributed by atoms with van der Waals surface area (Å²) < 4.78 is 75.4. The molecule has 2 aliphatic heterocycles. The number of carboxylic acid groups (broad SMARTS) is 2. The smallest absolute Gasteiger partial charge is 0.475 e. The van der Waals surface area contributed by atoms with E-state index in [1.165, 1.54) is 0 Å². The van der Waals surface area contributed by atoms with Crippen LogP contribution in [0.15, 0.2) is 36.7 Å². The van der Waals surface area contributed by atoms with E-state index >= 15 is 0 Å². The third-order valence-electron chi connectivity index (χ3n) is 5.64. The van der Waals surface area contributed by atoms with Crippen LogP contribution in [0.4, 0.5) is 32.3 Å². The second-order valence-electron chi connectivity index (χ2n) is 8.52. The number of hydrogen-bond donors (Lipinski definition) is 2. The number of aliphatic carboxylic acids is 2. The lowest BCUT2D eigenvalue weighted by atomic mass is 9.79. The number of aromatic nitrogens is 3. The van der Waals surface area contributed by atoms with Crippen molar-refractivity contribution in [3.05, 3.63) is 48.0 Å². The van der Waals surface area contributed by atoms with Gasteiger partial charge in [-0.15, -0.1) is 0 Å². The Bertz CT molecular complexity index is 1060. The lowest BCUT2D eigenvalue weighted by molar-refractivity contribution is -0.193. The van der Waals surface area contributed by atoms with Crippen LogP contribution in [0, 0.1) is 12.8 Å². The van der Waals surface area contributed by atoms with Crippen LogP contribution >= 0.6 is 0 Å². The highest BCUT2D eigenvalue weighted by Crippen LogP contribution is 2.42. The van der Waals surface area contributed by atoms with Crippen LogP contribution in [0.3, 0.4) is 0 Å². The molecule has 0 radical (unpaired) electrons. The first-order valence-electron chi connectivity index (χ1n) is 11.4.